The molecule has 19 heavy (non-hydrogen) atoms. The molecule has 6 heteroatoms. The Labute approximate surface area is 111 Å². The van der Waals surface area contributed by atoms with E-state index in [0.29, 0.717) is 12.2 Å². The van der Waals surface area contributed by atoms with Crippen molar-refractivity contribution in [2.75, 3.05) is 30.8 Å². The minimum Gasteiger partial charge on any atom is -0.398 e. The molecular formula is C13H18FN3O2. The number of rotatable bonds is 3. The lowest BCUT2D eigenvalue weighted by molar-refractivity contribution is 0.0892. The molecule has 1 amide bonds. The quantitative estimate of drug-likeness (QED) is 0.804. The van der Waals surface area contributed by atoms with Crippen LogP contribution in [0.5, 0.6) is 0 Å². The zero-order chi connectivity index (χ0) is 14.0. The molecule has 0 spiro atoms. The van der Waals surface area contributed by atoms with Crippen LogP contribution in [0.1, 0.15) is 23.2 Å². The van der Waals surface area contributed by atoms with Crippen molar-refractivity contribution in [2.45, 2.75) is 18.9 Å². The van der Waals surface area contributed by atoms with Gasteiger partial charge in [0, 0.05) is 25.9 Å². The summed E-state index contributed by atoms with van der Waals surface area (Å²) < 4.78 is 19.3. The van der Waals surface area contributed by atoms with Crippen LogP contribution in [-0.2, 0) is 4.74 Å². The van der Waals surface area contributed by atoms with Gasteiger partial charge in [0.15, 0.2) is 0 Å². The van der Waals surface area contributed by atoms with E-state index in [4.69, 9.17) is 16.2 Å². The third kappa shape index (κ3) is 2.78. The molecule has 1 saturated heterocycles. The van der Waals surface area contributed by atoms with E-state index in [1.165, 1.54) is 6.07 Å². The van der Waals surface area contributed by atoms with Gasteiger partial charge in [-0.15, -0.1) is 0 Å². The van der Waals surface area contributed by atoms with Gasteiger partial charge in [-0.05, 0) is 25.0 Å². The average molecular weight is 267 g/mol. The number of amides is 1. The summed E-state index contributed by atoms with van der Waals surface area (Å²) in [6.45, 7) is 1.31. The summed E-state index contributed by atoms with van der Waals surface area (Å²) in [5, 5.41) is 0. The third-order valence-corrected chi connectivity index (χ3v) is 3.44. The number of nitrogens with two attached hydrogens (primary N) is 2. The first-order valence-electron chi connectivity index (χ1n) is 6.19. The molecule has 1 unspecified atom stereocenters. The molecule has 1 aliphatic rings. The highest BCUT2D eigenvalue weighted by molar-refractivity contribution is 5.99. The minimum absolute atomic E-state index is 0.0639. The summed E-state index contributed by atoms with van der Waals surface area (Å²) in [5.41, 5.74) is 11.4. The van der Waals surface area contributed by atoms with Crippen molar-refractivity contribution in [3.8, 4) is 0 Å². The van der Waals surface area contributed by atoms with Crippen LogP contribution in [0.15, 0.2) is 12.1 Å². The number of primary amides is 1. The number of anilines is 2. The van der Waals surface area contributed by atoms with Gasteiger partial charge in [0.05, 0.1) is 17.4 Å². The van der Waals surface area contributed by atoms with Crippen LogP contribution < -0.4 is 16.4 Å². The summed E-state index contributed by atoms with van der Waals surface area (Å²) in [6, 6.07) is 2.57. The Kier molecular flexibility index (Phi) is 3.90. The number of methoxy groups -OCH3 is 1. The average Bonchev–Trinajstić information content (AvgIpc) is 2.38. The Morgan fingerprint density at radius 2 is 2.26 bits per heavy atom. The third-order valence-electron chi connectivity index (χ3n) is 3.44. The maximum atomic E-state index is 14.0. The van der Waals surface area contributed by atoms with Crippen LogP contribution in [0.2, 0.25) is 0 Å². The summed E-state index contributed by atoms with van der Waals surface area (Å²) in [6.07, 6.45) is 1.93. The SMILES string of the molecule is COC1CCCN(c2cc(C(N)=O)c(N)cc2F)C1. The molecule has 4 N–H and O–H groups in total. The lowest BCUT2D eigenvalue weighted by atomic mass is 10.1. The van der Waals surface area contributed by atoms with Gasteiger partial charge in [0.25, 0.3) is 5.91 Å². The maximum absolute atomic E-state index is 14.0. The Hall–Kier alpha value is -1.82. The van der Waals surface area contributed by atoms with Gasteiger partial charge in [0.1, 0.15) is 5.82 Å². The van der Waals surface area contributed by atoms with Crippen LogP contribution >= 0.6 is 0 Å². The zero-order valence-corrected chi connectivity index (χ0v) is 10.9. The second kappa shape index (κ2) is 5.44. The standard InChI is InChI=1S/C13H18FN3O2/c1-19-8-3-2-4-17(7-8)12-5-9(13(16)18)11(15)6-10(12)14/h5-6,8H,2-4,7,15H2,1H3,(H2,16,18). The number of hydrogen-bond donors (Lipinski definition) is 2. The molecule has 0 bridgehead atoms. The molecule has 1 fully saturated rings. The Morgan fingerprint density at radius 1 is 1.53 bits per heavy atom. The highest BCUT2D eigenvalue weighted by Crippen LogP contribution is 2.28. The predicted octanol–water partition coefficient (Wildman–Crippen LogP) is 1.12. The first-order valence-corrected chi connectivity index (χ1v) is 6.19. The molecule has 0 aromatic heterocycles. The van der Waals surface area contributed by atoms with E-state index in [1.54, 1.807) is 7.11 Å². The highest BCUT2D eigenvalue weighted by Gasteiger charge is 2.23. The van der Waals surface area contributed by atoms with E-state index < -0.39 is 11.7 Å². The molecule has 1 atom stereocenters. The van der Waals surface area contributed by atoms with Gasteiger partial charge in [-0.2, -0.15) is 0 Å². The van der Waals surface area contributed by atoms with E-state index >= 15 is 0 Å². The van der Waals surface area contributed by atoms with Gasteiger partial charge < -0.3 is 21.1 Å². The van der Waals surface area contributed by atoms with E-state index in [-0.39, 0.29) is 17.4 Å². The largest absolute Gasteiger partial charge is 0.398 e. The lowest BCUT2D eigenvalue weighted by Crippen LogP contribution is -2.39. The van der Waals surface area contributed by atoms with Crippen molar-refractivity contribution in [1.29, 1.82) is 0 Å². The normalized spacial score (nSPS) is 19.5. The van der Waals surface area contributed by atoms with E-state index in [0.717, 1.165) is 25.5 Å². The Morgan fingerprint density at radius 3 is 2.89 bits per heavy atom. The van der Waals surface area contributed by atoms with E-state index in [9.17, 15) is 9.18 Å². The van der Waals surface area contributed by atoms with Gasteiger partial charge in [-0.1, -0.05) is 0 Å². The topological polar surface area (TPSA) is 81.6 Å². The van der Waals surface area contributed by atoms with Crippen molar-refractivity contribution in [1.82, 2.24) is 0 Å². The van der Waals surface area contributed by atoms with Crippen molar-refractivity contribution in [3.63, 3.8) is 0 Å². The minimum atomic E-state index is -0.654. The first-order chi connectivity index (χ1) is 9.02. The van der Waals surface area contributed by atoms with Crippen LogP contribution in [-0.4, -0.2) is 32.2 Å². The Balaban J connectivity index is 2.33. The number of ether oxygens (including phenoxy) is 1. The van der Waals surface area contributed by atoms with E-state index in [2.05, 4.69) is 0 Å². The predicted molar refractivity (Wildman–Crippen MR) is 71.6 cm³/mol. The second-order valence-electron chi connectivity index (χ2n) is 4.70. The maximum Gasteiger partial charge on any atom is 0.250 e. The smallest absolute Gasteiger partial charge is 0.250 e. The monoisotopic (exact) mass is 267 g/mol. The van der Waals surface area contributed by atoms with Gasteiger partial charge in [-0.3, -0.25) is 4.79 Å². The molecular weight excluding hydrogens is 249 g/mol. The summed E-state index contributed by atoms with van der Waals surface area (Å²) >= 11 is 0. The molecule has 104 valence electrons. The fraction of sp³-hybridized carbons (Fsp3) is 0.462. The van der Waals surface area contributed by atoms with Gasteiger partial charge in [-0.25, -0.2) is 4.39 Å². The molecule has 1 aromatic carbocycles. The summed E-state index contributed by atoms with van der Waals surface area (Å²) in [5.74, 6) is -1.10. The number of carbonyl (C=O) groups is 1. The van der Waals surface area contributed by atoms with Crippen LogP contribution in [0, 0.1) is 5.82 Å². The molecule has 1 aromatic rings. The van der Waals surface area contributed by atoms with Crippen molar-refractivity contribution in [3.05, 3.63) is 23.5 Å². The van der Waals surface area contributed by atoms with Crippen LogP contribution in [0.25, 0.3) is 0 Å². The number of nitrogens with zero attached hydrogens (tertiary/aromatic N) is 1. The molecule has 0 aliphatic carbocycles. The summed E-state index contributed by atoms with van der Waals surface area (Å²) in [4.78, 5) is 13.1. The molecule has 0 radical (unpaired) electrons. The van der Waals surface area contributed by atoms with E-state index in [1.807, 2.05) is 4.90 Å². The van der Waals surface area contributed by atoms with Crippen molar-refractivity contribution in [2.24, 2.45) is 5.73 Å². The van der Waals surface area contributed by atoms with Gasteiger partial charge >= 0.3 is 0 Å². The fourth-order valence-corrected chi connectivity index (χ4v) is 2.38. The molecule has 1 aliphatic heterocycles. The zero-order valence-electron chi connectivity index (χ0n) is 10.9. The Bertz CT molecular complexity index is 493. The molecule has 0 saturated carbocycles. The lowest BCUT2D eigenvalue weighted by Gasteiger charge is -2.34. The summed E-state index contributed by atoms with van der Waals surface area (Å²) in [7, 11) is 1.64. The molecule has 2 rings (SSSR count). The number of nitrogen functional groups attached to an aromatic ring is 1. The highest BCUT2D eigenvalue weighted by atomic mass is 19.1. The number of carbonyl (C=O) groups excluding carboxylic acids is 1. The van der Waals surface area contributed by atoms with Crippen molar-refractivity contribution < 1.29 is 13.9 Å². The van der Waals surface area contributed by atoms with Crippen LogP contribution in [0.4, 0.5) is 15.8 Å². The van der Waals surface area contributed by atoms with Crippen molar-refractivity contribution >= 4 is 17.3 Å². The molecule has 1 heterocycles. The van der Waals surface area contributed by atoms with Gasteiger partial charge in [0.2, 0.25) is 0 Å². The first kappa shape index (κ1) is 13.6. The number of halogens is 1. The fourth-order valence-electron chi connectivity index (χ4n) is 2.38. The number of hydrogen-bond acceptors (Lipinski definition) is 4. The van der Waals surface area contributed by atoms with Crippen LogP contribution in [0.3, 0.4) is 0 Å². The number of piperidine rings is 1. The second-order valence-corrected chi connectivity index (χ2v) is 4.70. The molecule has 5 nitrogen and oxygen atoms in total. The number of benzene rings is 1.